The lowest BCUT2D eigenvalue weighted by Crippen LogP contribution is -2.13. The molecule has 1 aromatic rings. The van der Waals surface area contributed by atoms with Crippen molar-refractivity contribution in [2.24, 2.45) is 0 Å². The average molecular weight is 225 g/mol. The Hall–Kier alpha value is -1.26. The summed E-state index contributed by atoms with van der Waals surface area (Å²) >= 11 is 0. The van der Waals surface area contributed by atoms with Crippen molar-refractivity contribution in [2.45, 2.75) is 19.9 Å². The van der Waals surface area contributed by atoms with Crippen LogP contribution in [0, 0.1) is 0 Å². The molecule has 0 radical (unpaired) electrons. The molecule has 0 aliphatic rings. The normalized spacial score (nSPS) is 10.2. The van der Waals surface area contributed by atoms with Crippen LogP contribution in [0.1, 0.15) is 18.1 Å². The first kappa shape index (κ1) is 12.8. The number of aryl methyl sites for hydroxylation is 1. The highest BCUT2D eigenvalue weighted by Crippen LogP contribution is 2.33. The zero-order chi connectivity index (χ0) is 12.0. The first-order valence-corrected chi connectivity index (χ1v) is 5.27. The molecule has 0 atom stereocenters. The molecule has 16 heavy (non-hydrogen) atoms. The third-order valence-corrected chi connectivity index (χ3v) is 2.52. The van der Waals surface area contributed by atoms with Gasteiger partial charge in [0.25, 0.3) is 0 Å². The minimum Gasteiger partial charge on any atom is -0.493 e. The molecule has 0 unspecified atom stereocenters. The van der Waals surface area contributed by atoms with Gasteiger partial charge in [-0.05, 0) is 18.1 Å². The topological polar surface area (TPSA) is 39.7 Å². The van der Waals surface area contributed by atoms with Crippen LogP contribution >= 0.6 is 0 Å². The smallest absolute Gasteiger partial charge is 0.165 e. The summed E-state index contributed by atoms with van der Waals surface area (Å²) in [4.78, 5) is 4.87. The Labute approximate surface area is 96.5 Å². The van der Waals surface area contributed by atoms with Gasteiger partial charge < -0.3 is 14.3 Å². The highest BCUT2D eigenvalue weighted by molar-refractivity contribution is 5.50. The van der Waals surface area contributed by atoms with Gasteiger partial charge in [-0.1, -0.05) is 13.0 Å². The number of hydrogen-bond acceptors (Lipinski definition) is 4. The van der Waals surface area contributed by atoms with Crippen LogP contribution in [-0.2, 0) is 17.8 Å². The van der Waals surface area contributed by atoms with Gasteiger partial charge in [0.05, 0.1) is 27.9 Å². The monoisotopic (exact) mass is 225 g/mol. The molecule has 0 saturated carbocycles. The highest BCUT2D eigenvalue weighted by Gasteiger charge is 2.13. The molecule has 90 valence electrons. The summed E-state index contributed by atoms with van der Waals surface area (Å²) in [6, 6.07) is 3.97. The molecular weight excluding hydrogens is 206 g/mol. The molecule has 0 saturated heterocycles. The van der Waals surface area contributed by atoms with E-state index in [1.165, 1.54) is 5.56 Å². The minimum atomic E-state index is 0.597. The zero-order valence-electron chi connectivity index (χ0n) is 10.3. The maximum atomic E-state index is 5.39. The Morgan fingerprint density at radius 2 is 1.88 bits per heavy atom. The summed E-state index contributed by atoms with van der Waals surface area (Å²) in [7, 11) is 4.88. The van der Waals surface area contributed by atoms with Gasteiger partial charge in [-0.15, -0.1) is 0 Å². The molecule has 0 aliphatic heterocycles. The van der Waals surface area contributed by atoms with E-state index in [0.717, 1.165) is 23.5 Å². The molecule has 1 aromatic carbocycles. The van der Waals surface area contributed by atoms with Crippen molar-refractivity contribution in [3.05, 3.63) is 23.3 Å². The summed E-state index contributed by atoms with van der Waals surface area (Å²) in [5.74, 6) is 1.51. The minimum absolute atomic E-state index is 0.597. The molecule has 0 heterocycles. The molecule has 1 rings (SSSR count). The Kier molecular flexibility index (Phi) is 5.08. The van der Waals surface area contributed by atoms with E-state index >= 15 is 0 Å². The van der Waals surface area contributed by atoms with E-state index in [4.69, 9.17) is 14.3 Å². The zero-order valence-corrected chi connectivity index (χ0v) is 10.3. The van der Waals surface area contributed by atoms with Gasteiger partial charge in [0.1, 0.15) is 0 Å². The lowest BCUT2D eigenvalue weighted by Gasteiger charge is -2.16. The van der Waals surface area contributed by atoms with Crippen LogP contribution in [0.4, 0.5) is 0 Å². The van der Waals surface area contributed by atoms with Crippen LogP contribution < -0.4 is 15.0 Å². The summed E-state index contributed by atoms with van der Waals surface area (Å²) in [6.45, 7) is 2.71. The number of hydroxylamine groups is 1. The van der Waals surface area contributed by atoms with E-state index in [1.807, 2.05) is 12.1 Å². The second-order valence-corrected chi connectivity index (χ2v) is 3.32. The standard InChI is InChI=1S/C12H19NO3/c1-5-9-6-7-11(14-2)12(15-3)10(9)8-13-16-4/h6-7,13H,5,8H2,1-4H3. The number of hydrogen-bond donors (Lipinski definition) is 1. The third-order valence-electron chi connectivity index (χ3n) is 2.52. The Balaban J connectivity index is 3.14. The second kappa shape index (κ2) is 6.35. The molecule has 0 amide bonds. The molecule has 0 spiro atoms. The molecule has 0 aliphatic carbocycles. The second-order valence-electron chi connectivity index (χ2n) is 3.32. The van der Waals surface area contributed by atoms with Crippen molar-refractivity contribution in [1.82, 2.24) is 5.48 Å². The molecule has 0 aromatic heterocycles. The fourth-order valence-corrected chi connectivity index (χ4v) is 1.70. The number of benzene rings is 1. The average Bonchev–Trinajstić information content (AvgIpc) is 2.34. The van der Waals surface area contributed by atoms with Crippen molar-refractivity contribution in [3.63, 3.8) is 0 Å². The maximum Gasteiger partial charge on any atom is 0.165 e. The Bertz CT molecular complexity index is 339. The fraction of sp³-hybridized carbons (Fsp3) is 0.500. The van der Waals surface area contributed by atoms with Crippen LogP contribution in [0.2, 0.25) is 0 Å². The van der Waals surface area contributed by atoms with Crippen molar-refractivity contribution < 1.29 is 14.3 Å². The lowest BCUT2D eigenvalue weighted by molar-refractivity contribution is 0.0858. The number of ether oxygens (including phenoxy) is 2. The first-order valence-electron chi connectivity index (χ1n) is 5.27. The Morgan fingerprint density at radius 3 is 2.38 bits per heavy atom. The molecule has 4 heteroatoms. The lowest BCUT2D eigenvalue weighted by atomic mass is 10.0. The predicted octanol–water partition coefficient (Wildman–Crippen LogP) is 1.92. The van der Waals surface area contributed by atoms with Gasteiger partial charge in [0.2, 0.25) is 0 Å². The highest BCUT2D eigenvalue weighted by atomic mass is 16.6. The van der Waals surface area contributed by atoms with Gasteiger partial charge in [0.15, 0.2) is 11.5 Å². The van der Waals surface area contributed by atoms with Gasteiger partial charge >= 0.3 is 0 Å². The van der Waals surface area contributed by atoms with Crippen molar-refractivity contribution in [2.75, 3.05) is 21.3 Å². The summed E-state index contributed by atoms with van der Waals surface area (Å²) in [6.07, 6.45) is 0.946. The van der Waals surface area contributed by atoms with Crippen LogP contribution in [0.15, 0.2) is 12.1 Å². The van der Waals surface area contributed by atoms with E-state index in [1.54, 1.807) is 21.3 Å². The van der Waals surface area contributed by atoms with E-state index in [0.29, 0.717) is 6.54 Å². The Morgan fingerprint density at radius 1 is 1.12 bits per heavy atom. The molecule has 4 nitrogen and oxygen atoms in total. The molecule has 0 bridgehead atoms. The van der Waals surface area contributed by atoms with Crippen LogP contribution in [0.3, 0.4) is 0 Å². The molecule has 1 N–H and O–H groups in total. The van der Waals surface area contributed by atoms with Crippen LogP contribution in [0.5, 0.6) is 11.5 Å². The van der Waals surface area contributed by atoms with E-state index in [-0.39, 0.29) is 0 Å². The quantitative estimate of drug-likeness (QED) is 0.751. The first-order chi connectivity index (χ1) is 7.78. The molecular formula is C12H19NO3. The van der Waals surface area contributed by atoms with Crippen molar-refractivity contribution >= 4 is 0 Å². The van der Waals surface area contributed by atoms with E-state index < -0.39 is 0 Å². The van der Waals surface area contributed by atoms with Gasteiger partial charge in [-0.3, -0.25) is 0 Å². The predicted molar refractivity (Wildman–Crippen MR) is 62.8 cm³/mol. The van der Waals surface area contributed by atoms with Crippen LogP contribution in [-0.4, -0.2) is 21.3 Å². The summed E-state index contributed by atoms with van der Waals surface area (Å²) < 4.78 is 10.6. The fourth-order valence-electron chi connectivity index (χ4n) is 1.70. The van der Waals surface area contributed by atoms with Gasteiger partial charge in [0, 0.05) is 5.56 Å². The SMILES string of the molecule is CCc1ccc(OC)c(OC)c1CNOC. The number of rotatable bonds is 6. The largest absolute Gasteiger partial charge is 0.493 e. The van der Waals surface area contributed by atoms with Crippen molar-refractivity contribution in [3.8, 4) is 11.5 Å². The number of methoxy groups -OCH3 is 2. The van der Waals surface area contributed by atoms with E-state index in [9.17, 15) is 0 Å². The summed E-state index contributed by atoms with van der Waals surface area (Å²) in [5.41, 5.74) is 5.13. The van der Waals surface area contributed by atoms with E-state index in [2.05, 4.69) is 12.4 Å². The number of nitrogens with one attached hydrogen (secondary N) is 1. The van der Waals surface area contributed by atoms with Gasteiger partial charge in [-0.2, -0.15) is 5.48 Å². The third kappa shape index (κ3) is 2.65. The van der Waals surface area contributed by atoms with Gasteiger partial charge in [-0.25, -0.2) is 0 Å². The maximum absolute atomic E-state index is 5.39. The van der Waals surface area contributed by atoms with Crippen molar-refractivity contribution in [1.29, 1.82) is 0 Å². The molecule has 0 fully saturated rings. The van der Waals surface area contributed by atoms with Crippen LogP contribution in [0.25, 0.3) is 0 Å². The summed E-state index contributed by atoms with van der Waals surface area (Å²) in [5, 5.41) is 0.